The monoisotopic (exact) mass is 375 g/mol. The number of amides is 1. The molecule has 1 amide bonds. The summed E-state index contributed by atoms with van der Waals surface area (Å²) in [5.41, 5.74) is -0.875. The number of halogens is 1. The van der Waals surface area contributed by atoms with E-state index < -0.39 is 11.4 Å². The molecule has 2 heterocycles. The predicted octanol–water partition coefficient (Wildman–Crippen LogP) is 2.44. The molecule has 0 aromatic carbocycles. The molecular weight excluding hydrogens is 358 g/mol. The summed E-state index contributed by atoms with van der Waals surface area (Å²) in [6, 6.07) is 2.00. The zero-order valence-corrected chi connectivity index (χ0v) is 14.0. The van der Waals surface area contributed by atoms with Gasteiger partial charge in [-0.15, -0.1) is 11.3 Å². The van der Waals surface area contributed by atoms with Gasteiger partial charge in [0.05, 0.1) is 5.41 Å². The van der Waals surface area contributed by atoms with Crippen molar-refractivity contribution in [1.29, 1.82) is 0 Å². The predicted molar refractivity (Wildman–Crippen MR) is 83.5 cm³/mol. The second-order valence-electron chi connectivity index (χ2n) is 5.21. The third-order valence-electron chi connectivity index (χ3n) is 3.75. The van der Waals surface area contributed by atoms with E-state index in [0.717, 1.165) is 9.35 Å². The average molecular weight is 376 g/mol. The van der Waals surface area contributed by atoms with Crippen LogP contribution in [0.3, 0.4) is 0 Å². The number of carboxylic acids is 1. The highest BCUT2D eigenvalue weighted by atomic mass is 79.9. The highest BCUT2D eigenvalue weighted by molar-refractivity contribution is 9.10. The Kier molecular flexibility index (Phi) is 5.78. The van der Waals surface area contributed by atoms with Gasteiger partial charge in [-0.05, 0) is 41.3 Å². The van der Waals surface area contributed by atoms with Crippen LogP contribution < -0.4 is 5.32 Å². The number of rotatable bonds is 6. The number of aliphatic carboxylic acids is 1. The molecule has 7 heteroatoms. The Morgan fingerprint density at radius 3 is 2.71 bits per heavy atom. The van der Waals surface area contributed by atoms with Gasteiger partial charge in [0.2, 0.25) is 5.91 Å². The maximum atomic E-state index is 11.9. The number of thiophene rings is 1. The van der Waals surface area contributed by atoms with Crippen LogP contribution in [0.15, 0.2) is 15.9 Å². The fourth-order valence-corrected chi connectivity index (χ4v) is 3.76. The Balaban J connectivity index is 1.80. The van der Waals surface area contributed by atoms with E-state index in [9.17, 15) is 14.7 Å². The van der Waals surface area contributed by atoms with E-state index in [1.165, 1.54) is 0 Å². The lowest BCUT2D eigenvalue weighted by Gasteiger charge is -2.33. The van der Waals surface area contributed by atoms with Gasteiger partial charge in [-0.3, -0.25) is 9.59 Å². The molecule has 0 spiro atoms. The molecule has 21 heavy (non-hydrogen) atoms. The van der Waals surface area contributed by atoms with Crippen molar-refractivity contribution in [2.45, 2.75) is 25.7 Å². The molecular formula is C14H18BrNO4S. The number of hydrogen-bond donors (Lipinski definition) is 2. The summed E-state index contributed by atoms with van der Waals surface area (Å²) in [4.78, 5) is 24.5. The second kappa shape index (κ2) is 7.38. The third kappa shape index (κ3) is 4.52. The fraction of sp³-hybridized carbons (Fsp3) is 0.571. The lowest BCUT2D eigenvalue weighted by Crippen LogP contribution is -2.46. The van der Waals surface area contributed by atoms with Gasteiger partial charge in [-0.1, -0.05) is 0 Å². The van der Waals surface area contributed by atoms with Crippen molar-refractivity contribution in [3.8, 4) is 0 Å². The summed E-state index contributed by atoms with van der Waals surface area (Å²) in [6.07, 6.45) is 1.94. The van der Waals surface area contributed by atoms with Crippen LogP contribution in [0.4, 0.5) is 0 Å². The number of carboxylic acid groups (broad SMARTS) is 1. The normalized spacial score (nSPS) is 17.4. The number of nitrogens with one attached hydrogen (secondary N) is 1. The average Bonchev–Trinajstić information content (AvgIpc) is 2.89. The summed E-state index contributed by atoms with van der Waals surface area (Å²) >= 11 is 4.98. The molecule has 0 unspecified atom stereocenters. The number of aryl methyl sites for hydroxylation is 1. The molecule has 1 aromatic heterocycles. The molecule has 0 radical (unpaired) electrons. The van der Waals surface area contributed by atoms with E-state index in [-0.39, 0.29) is 12.5 Å². The lowest BCUT2D eigenvalue weighted by molar-refractivity contribution is -0.154. The molecule has 1 aliphatic rings. The van der Waals surface area contributed by atoms with Gasteiger partial charge < -0.3 is 15.2 Å². The number of carbonyl (C=O) groups is 2. The number of hydrogen-bond acceptors (Lipinski definition) is 4. The van der Waals surface area contributed by atoms with Gasteiger partial charge in [0.1, 0.15) is 0 Å². The molecule has 1 fully saturated rings. The van der Waals surface area contributed by atoms with Crippen LogP contribution in [0, 0.1) is 5.41 Å². The molecule has 0 aliphatic carbocycles. The summed E-state index contributed by atoms with van der Waals surface area (Å²) in [7, 11) is 0. The third-order valence-corrected chi connectivity index (χ3v) is 5.51. The minimum atomic E-state index is -0.875. The Hall–Kier alpha value is -0.920. The molecule has 0 atom stereocenters. The second-order valence-corrected chi connectivity index (χ2v) is 7.12. The molecule has 0 saturated carbocycles. The summed E-state index contributed by atoms with van der Waals surface area (Å²) < 4.78 is 6.23. The minimum absolute atomic E-state index is 0.105. The van der Waals surface area contributed by atoms with Gasteiger partial charge in [-0.25, -0.2) is 0 Å². The van der Waals surface area contributed by atoms with Crippen LogP contribution in [-0.2, 0) is 20.7 Å². The maximum Gasteiger partial charge on any atom is 0.311 e. The first kappa shape index (κ1) is 16.5. The Bertz CT molecular complexity index is 511. The Labute approximate surface area is 135 Å². The number of ether oxygens (including phenoxy) is 1. The van der Waals surface area contributed by atoms with Gasteiger partial charge in [0, 0.05) is 40.9 Å². The van der Waals surface area contributed by atoms with Crippen LogP contribution in [0.2, 0.25) is 0 Å². The zero-order valence-electron chi connectivity index (χ0n) is 11.6. The van der Waals surface area contributed by atoms with Gasteiger partial charge >= 0.3 is 5.97 Å². The Morgan fingerprint density at radius 1 is 1.43 bits per heavy atom. The molecule has 1 saturated heterocycles. The molecule has 116 valence electrons. The van der Waals surface area contributed by atoms with Crippen LogP contribution in [-0.4, -0.2) is 36.7 Å². The standard InChI is InChI=1S/C14H18BrNO4S/c15-10-7-11(21-8-10)1-2-12(17)16-9-14(13(18)19)3-5-20-6-4-14/h7-8H,1-6,9H2,(H,16,17)(H,18,19). The van der Waals surface area contributed by atoms with Crippen LogP contribution in [0.1, 0.15) is 24.1 Å². The Morgan fingerprint density at radius 2 is 2.14 bits per heavy atom. The van der Waals surface area contributed by atoms with E-state index in [2.05, 4.69) is 21.2 Å². The quantitative estimate of drug-likeness (QED) is 0.800. The minimum Gasteiger partial charge on any atom is -0.481 e. The first-order valence-corrected chi connectivity index (χ1v) is 8.50. The van der Waals surface area contributed by atoms with Gasteiger partial charge in [0.25, 0.3) is 0 Å². The van der Waals surface area contributed by atoms with E-state index in [4.69, 9.17) is 4.74 Å². The van der Waals surface area contributed by atoms with Crippen molar-refractivity contribution in [3.05, 3.63) is 20.8 Å². The highest BCUT2D eigenvalue weighted by Gasteiger charge is 2.40. The van der Waals surface area contributed by atoms with E-state index in [1.807, 2.05) is 11.4 Å². The van der Waals surface area contributed by atoms with Crippen LogP contribution >= 0.6 is 27.3 Å². The molecule has 2 rings (SSSR count). The molecule has 5 nitrogen and oxygen atoms in total. The van der Waals surface area contributed by atoms with Crippen molar-refractivity contribution in [2.75, 3.05) is 19.8 Å². The van der Waals surface area contributed by atoms with Crippen molar-refractivity contribution in [3.63, 3.8) is 0 Å². The lowest BCUT2D eigenvalue weighted by atomic mass is 9.80. The molecule has 0 bridgehead atoms. The largest absolute Gasteiger partial charge is 0.481 e. The number of carbonyl (C=O) groups excluding carboxylic acids is 1. The summed E-state index contributed by atoms with van der Waals surface area (Å²) in [5.74, 6) is -0.958. The van der Waals surface area contributed by atoms with Crippen molar-refractivity contribution in [2.24, 2.45) is 5.41 Å². The first-order chi connectivity index (χ1) is 10.0. The molecule has 1 aromatic rings. The smallest absolute Gasteiger partial charge is 0.311 e. The van der Waals surface area contributed by atoms with E-state index in [0.29, 0.717) is 38.9 Å². The van der Waals surface area contributed by atoms with E-state index in [1.54, 1.807) is 11.3 Å². The van der Waals surface area contributed by atoms with Gasteiger partial charge in [-0.2, -0.15) is 0 Å². The van der Waals surface area contributed by atoms with Crippen molar-refractivity contribution in [1.82, 2.24) is 5.32 Å². The highest BCUT2D eigenvalue weighted by Crippen LogP contribution is 2.30. The van der Waals surface area contributed by atoms with Crippen LogP contribution in [0.25, 0.3) is 0 Å². The molecule has 1 aliphatic heterocycles. The fourth-order valence-electron chi connectivity index (χ4n) is 2.31. The van der Waals surface area contributed by atoms with Crippen molar-refractivity contribution < 1.29 is 19.4 Å². The molecule has 2 N–H and O–H groups in total. The van der Waals surface area contributed by atoms with Crippen LogP contribution in [0.5, 0.6) is 0 Å². The topological polar surface area (TPSA) is 75.6 Å². The summed E-state index contributed by atoms with van der Waals surface area (Å²) in [6.45, 7) is 1.05. The SMILES string of the molecule is O=C(CCc1cc(Br)cs1)NCC1(C(=O)O)CCOCC1. The maximum absolute atomic E-state index is 11.9. The zero-order chi connectivity index (χ0) is 15.3. The first-order valence-electron chi connectivity index (χ1n) is 6.83. The van der Waals surface area contributed by atoms with E-state index >= 15 is 0 Å². The summed E-state index contributed by atoms with van der Waals surface area (Å²) in [5, 5.41) is 14.2. The van der Waals surface area contributed by atoms with Crippen molar-refractivity contribution >= 4 is 39.1 Å². The van der Waals surface area contributed by atoms with Gasteiger partial charge in [0.15, 0.2) is 0 Å².